The Morgan fingerprint density at radius 1 is 0.345 bits per heavy atom. The van der Waals surface area contributed by atoms with Crippen LogP contribution in [0.15, 0.2) is 205 Å². The molecule has 0 radical (unpaired) electrons. The molecule has 0 N–H and O–H groups in total. The van der Waals surface area contributed by atoms with Gasteiger partial charge in [0.05, 0.1) is 0 Å². The highest BCUT2D eigenvalue weighted by atomic mass is 32.1. The number of para-hydroxylation sites is 1. The van der Waals surface area contributed by atoms with Gasteiger partial charge in [-0.15, -0.1) is 11.3 Å². The van der Waals surface area contributed by atoms with Crippen LogP contribution in [0.2, 0.25) is 0 Å². The molecular weight excluding hydrogens is 687 g/mol. The highest BCUT2D eigenvalue weighted by Crippen LogP contribution is 2.43. The minimum Gasteiger partial charge on any atom is -0.456 e. The topological polar surface area (TPSA) is 16.4 Å². The Morgan fingerprint density at radius 3 is 1.82 bits per heavy atom. The Bertz CT molecular complexity index is 3190. The highest BCUT2D eigenvalue weighted by molar-refractivity contribution is 7.25. The predicted molar refractivity (Wildman–Crippen MR) is 235 cm³/mol. The third kappa shape index (κ3) is 5.40. The van der Waals surface area contributed by atoms with Gasteiger partial charge in [0.2, 0.25) is 0 Å². The lowest BCUT2D eigenvalue weighted by atomic mass is 9.96. The Hall–Kier alpha value is -6.94. The van der Waals surface area contributed by atoms with E-state index in [2.05, 4.69) is 193 Å². The second-order valence-electron chi connectivity index (χ2n) is 14.1. The van der Waals surface area contributed by atoms with E-state index in [1.54, 1.807) is 0 Å². The van der Waals surface area contributed by atoms with E-state index in [0.29, 0.717) is 0 Å². The van der Waals surface area contributed by atoms with Gasteiger partial charge in [-0.3, -0.25) is 0 Å². The molecule has 0 spiro atoms. The Labute approximate surface area is 322 Å². The Morgan fingerprint density at radius 2 is 0.982 bits per heavy atom. The van der Waals surface area contributed by atoms with Crippen LogP contribution in [-0.4, -0.2) is 0 Å². The van der Waals surface area contributed by atoms with Crippen molar-refractivity contribution in [2.24, 2.45) is 0 Å². The van der Waals surface area contributed by atoms with Crippen LogP contribution in [0, 0.1) is 0 Å². The number of thiophene rings is 1. The second-order valence-corrected chi connectivity index (χ2v) is 15.2. The van der Waals surface area contributed by atoms with Gasteiger partial charge < -0.3 is 9.32 Å². The molecule has 258 valence electrons. The summed E-state index contributed by atoms with van der Waals surface area (Å²) in [6.07, 6.45) is 0. The minimum absolute atomic E-state index is 0.911. The van der Waals surface area contributed by atoms with Crippen LogP contribution in [0.5, 0.6) is 0 Å². The van der Waals surface area contributed by atoms with Gasteiger partial charge in [0.1, 0.15) is 11.2 Å². The fourth-order valence-corrected chi connectivity index (χ4v) is 9.38. The summed E-state index contributed by atoms with van der Waals surface area (Å²) in [5.74, 6) is 0. The lowest BCUT2D eigenvalue weighted by Crippen LogP contribution is -2.10. The molecule has 0 saturated carbocycles. The first-order valence-electron chi connectivity index (χ1n) is 18.7. The molecule has 11 aromatic rings. The summed E-state index contributed by atoms with van der Waals surface area (Å²) in [4.78, 5) is 2.37. The molecule has 3 heteroatoms. The zero-order valence-electron chi connectivity index (χ0n) is 29.8. The van der Waals surface area contributed by atoms with E-state index in [0.717, 1.165) is 44.6 Å². The van der Waals surface area contributed by atoms with Gasteiger partial charge in [0, 0.05) is 48.0 Å². The second kappa shape index (κ2) is 12.9. The number of rotatable bonds is 6. The van der Waals surface area contributed by atoms with Crippen molar-refractivity contribution < 1.29 is 4.42 Å². The van der Waals surface area contributed by atoms with E-state index < -0.39 is 0 Å². The molecular formula is C52H33NOS. The van der Waals surface area contributed by atoms with Gasteiger partial charge in [0.15, 0.2) is 0 Å². The van der Waals surface area contributed by atoms with Gasteiger partial charge in [-0.25, -0.2) is 0 Å². The van der Waals surface area contributed by atoms with Crippen molar-refractivity contribution in [3.05, 3.63) is 200 Å². The fraction of sp³-hybridized carbons (Fsp3) is 0. The first-order chi connectivity index (χ1) is 27.2. The van der Waals surface area contributed by atoms with E-state index in [1.807, 2.05) is 23.5 Å². The van der Waals surface area contributed by atoms with Gasteiger partial charge in [-0.05, 0) is 111 Å². The van der Waals surface area contributed by atoms with Crippen molar-refractivity contribution in [3.8, 4) is 33.4 Å². The van der Waals surface area contributed by atoms with Crippen LogP contribution in [0.4, 0.5) is 17.1 Å². The molecule has 0 aliphatic rings. The molecule has 0 atom stereocenters. The van der Waals surface area contributed by atoms with Crippen LogP contribution >= 0.6 is 11.3 Å². The number of hydrogen-bond acceptors (Lipinski definition) is 3. The zero-order chi connectivity index (χ0) is 36.3. The molecule has 11 rings (SSSR count). The van der Waals surface area contributed by atoms with Gasteiger partial charge >= 0.3 is 0 Å². The smallest absolute Gasteiger partial charge is 0.136 e. The molecule has 0 unspecified atom stereocenters. The number of benzene rings is 9. The van der Waals surface area contributed by atoms with Crippen molar-refractivity contribution in [1.82, 2.24) is 0 Å². The molecule has 55 heavy (non-hydrogen) atoms. The van der Waals surface area contributed by atoms with E-state index >= 15 is 0 Å². The lowest BCUT2D eigenvalue weighted by molar-refractivity contribution is 0.669. The van der Waals surface area contributed by atoms with Crippen molar-refractivity contribution in [1.29, 1.82) is 0 Å². The van der Waals surface area contributed by atoms with Crippen LogP contribution in [0.25, 0.3) is 86.3 Å². The molecule has 2 nitrogen and oxygen atoms in total. The summed E-state index contributed by atoms with van der Waals surface area (Å²) >= 11 is 1.86. The summed E-state index contributed by atoms with van der Waals surface area (Å²) in [5.41, 5.74) is 12.3. The quantitative estimate of drug-likeness (QED) is 0.170. The average molecular weight is 720 g/mol. The standard InChI is InChI=1S/C52H33NOS/c1-2-11-34(12-3-1)35-23-27-39(28-24-35)53(41-15-8-13-37(31-41)43-19-10-22-51-52(43)45-17-5-7-21-50(45)55-51)40-29-25-36(26-30-40)42-18-9-14-38-32-47-44-16-4-6-20-48(44)54-49(47)33-46(38)42/h1-33H. The van der Waals surface area contributed by atoms with Crippen LogP contribution < -0.4 is 4.90 Å². The lowest BCUT2D eigenvalue weighted by Gasteiger charge is -2.26. The molecule has 0 bridgehead atoms. The van der Waals surface area contributed by atoms with E-state index in [-0.39, 0.29) is 0 Å². The molecule has 2 heterocycles. The first-order valence-corrected chi connectivity index (χ1v) is 19.5. The molecule has 0 saturated heterocycles. The van der Waals surface area contributed by atoms with E-state index in [9.17, 15) is 0 Å². The fourth-order valence-electron chi connectivity index (χ4n) is 8.25. The van der Waals surface area contributed by atoms with Crippen molar-refractivity contribution in [3.63, 3.8) is 0 Å². The maximum atomic E-state index is 6.31. The summed E-state index contributed by atoms with van der Waals surface area (Å²) < 4.78 is 8.93. The normalized spacial score (nSPS) is 11.6. The molecule has 0 aliphatic heterocycles. The molecule has 2 aromatic heterocycles. The van der Waals surface area contributed by atoms with Crippen molar-refractivity contribution in [2.45, 2.75) is 0 Å². The number of furan rings is 1. The van der Waals surface area contributed by atoms with Crippen LogP contribution in [0.1, 0.15) is 0 Å². The van der Waals surface area contributed by atoms with E-state index in [4.69, 9.17) is 4.42 Å². The van der Waals surface area contributed by atoms with Crippen molar-refractivity contribution >= 4 is 81.3 Å². The minimum atomic E-state index is 0.911. The van der Waals surface area contributed by atoms with Gasteiger partial charge in [0.25, 0.3) is 0 Å². The number of hydrogen-bond donors (Lipinski definition) is 0. The van der Waals surface area contributed by atoms with Crippen LogP contribution in [-0.2, 0) is 0 Å². The monoisotopic (exact) mass is 719 g/mol. The predicted octanol–water partition coefficient (Wildman–Crippen LogP) is 15.6. The summed E-state index contributed by atoms with van der Waals surface area (Å²) in [5, 5.41) is 7.30. The van der Waals surface area contributed by atoms with E-state index in [1.165, 1.54) is 58.8 Å². The molecule has 0 amide bonds. The zero-order valence-corrected chi connectivity index (χ0v) is 30.6. The Kier molecular flexibility index (Phi) is 7.39. The number of nitrogens with zero attached hydrogens (tertiary/aromatic N) is 1. The SMILES string of the molecule is c1ccc(-c2ccc(N(c3ccc(-c4cccc5cc6c(cc45)oc4ccccc46)cc3)c3cccc(-c4cccc5sc6ccccc6c45)c3)cc2)cc1. The largest absolute Gasteiger partial charge is 0.456 e. The summed E-state index contributed by atoms with van der Waals surface area (Å²) in [7, 11) is 0. The number of anilines is 3. The third-order valence-electron chi connectivity index (χ3n) is 10.9. The van der Waals surface area contributed by atoms with Crippen molar-refractivity contribution in [2.75, 3.05) is 4.90 Å². The van der Waals surface area contributed by atoms with Crippen LogP contribution in [0.3, 0.4) is 0 Å². The number of fused-ring (bicyclic) bond motifs is 7. The Balaban J connectivity index is 1.03. The maximum Gasteiger partial charge on any atom is 0.136 e. The van der Waals surface area contributed by atoms with Gasteiger partial charge in [-0.1, -0.05) is 133 Å². The third-order valence-corrected chi connectivity index (χ3v) is 12.0. The molecule has 0 fully saturated rings. The summed E-state index contributed by atoms with van der Waals surface area (Å²) in [6.45, 7) is 0. The van der Waals surface area contributed by atoms with Gasteiger partial charge in [-0.2, -0.15) is 0 Å². The molecule has 9 aromatic carbocycles. The first kappa shape index (κ1) is 31.6. The highest BCUT2D eigenvalue weighted by Gasteiger charge is 2.17. The average Bonchev–Trinajstić information content (AvgIpc) is 3.82. The maximum absolute atomic E-state index is 6.31. The summed E-state index contributed by atoms with van der Waals surface area (Å²) in [6, 6.07) is 72.2. The molecule has 0 aliphatic carbocycles.